The summed E-state index contributed by atoms with van der Waals surface area (Å²) in [7, 11) is 0. The molecule has 0 amide bonds. The van der Waals surface area contributed by atoms with E-state index in [1.165, 1.54) is 24.3 Å². The van der Waals surface area contributed by atoms with Crippen molar-refractivity contribution >= 4 is 22.5 Å². The molecule has 8 heteroatoms. The Labute approximate surface area is 168 Å². The first-order valence-corrected chi connectivity index (χ1v) is 8.82. The Morgan fingerprint density at radius 3 is 2.59 bits per heavy atom. The number of benzene rings is 2. The van der Waals surface area contributed by atoms with E-state index in [4.69, 9.17) is 16.9 Å². The van der Waals surface area contributed by atoms with Gasteiger partial charge in [-0.05, 0) is 43.3 Å². The molecule has 0 spiro atoms. The molecule has 0 saturated heterocycles. The van der Waals surface area contributed by atoms with Crippen LogP contribution >= 0.6 is 11.6 Å². The standard InChI is InChI=1S/C21H11ClF2N4O/c1-10-2-5-15(28-27-10)19-14(23)7-17-20(21(19)24)18(29)8-16(26-17)12-6-11(9-25)3-4-13(12)22/h2-8H,1H3,(H,26,29). The minimum Gasteiger partial charge on any atom is -0.354 e. The number of rotatable bonds is 2. The van der Waals surface area contributed by atoms with Crippen LogP contribution < -0.4 is 5.43 Å². The third kappa shape index (κ3) is 3.24. The van der Waals surface area contributed by atoms with Crippen LogP contribution in [0.3, 0.4) is 0 Å². The van der Waals surface area contributed by atoms with Gasteiger partial charge in [-0.25, -0.2) is 8.78 Å². The molecule has 2 heterocycles. The molecule has 0 radical (unpaired) electrons. The zero-order valence-corrected chi connectivity index (χ0v) is 15.7. The van der Waals surface area contributed by atoms with Crippen molar-refractivity contribution in [3.63, 3.8) is 0 Å². The molecule has 2 aromatic heterocycles. The smallest absolute Gasteiger partial charge is 0.193 e. The van der Waals surface area contributed by atoms with E-state index in [0.717, 1.165) is 12.1 Å². The molecule has 29 heavy (non-hydrogen) atoms. The van der Waals surface area contributed by atoms with Gasteiger partial charge in [-0.3, -0.25) is 4.79 Å². The highest BCUT2D eigenvalue weighted by Crippen LogP contribution is 2.31. The van der Waals surface area contributed by atoms with Crippen LogP contribution in [0, 0.1) is 29.9 Å². The summed E-state index contributed by atoms with van der Waals surface area (Å²) < 4.78 is 29.8. The fourth-order valence-corrected chi connectivity index (χ4v) is 3.28. The van der Waals surface area contributed by atoms with E-state index in [9.17, 15) is 9.18 Å². The lowest BCUT2D eigenvalue weighted by Gasteiger charge is -2.10. The van der Waals surface area contributed by atoms with E-state index in [1.54, 1.807) is 13.0 Å². The van der Waals surface area contributed by atoms with Gasteiger partial charge in [-0.15, -0.1) is 0 Å². The van der Waals surface area contributed by atoms with Crippen LogP contribution in [0.2, 0.25) is 5.02 Å². The van der Waals surface area contributed by atoms with Gasteiger partial charge in [0, 0.05) is 16.7 Å². The van der Waals surface area contributed by atoms with Gasteiger partial charge in [0.15, 0.2) is 5.43 Å². The van der Waals surface area contributed by atoms with Crippen LogP contribution in [0.4, 0.5) is 8.78 Å². The molecule has 0 aliphatic rings. The molecule has 4 rings (SSSR count). The first kappa shape index (κ1) is 18.7. The van der Waals surface area contributed by atoms with Gasteiger partial charge in [-0.2, -0.15) is 15.5 Å². The molecule has 1 N–H and O–H groups in total. The number of aromatic nitrogens is 3. The number of nitriles is 1. The minimum atomic E-state index is -1.03. The molecule has 0 unspecified atom stereocenters. The molecule has 0 atom stereocenters. The lowest BCUT2D eigenvalue weighted by molar-refractivity contribution is 0.595. The van der Waals surface area contributed by atoms with Gasteiger partial charge in [-0.1, -0.05) is 11.6 Å². The fourth-order valence-electron chi connectivity index (χ4n) is 3.06. The SMILES string of the molecule is Cc1ccc(-c2c(F)cc3[nH]c(-c4cc(C#N)ccc4Cl)cc(=O)c3c2F)nn1. The maximum Gasteiger partial charge on any atom is 0.193 e. The number of hydrogen-bond donors (Lipinski definition) is 1. The number of aryl methyl sites for hydroxylation is 1. The summed E-state index contributed by atoms with van der Waals surface area (Å²) in [6.45, 7) is 1.70. The quantitative estimate of drug-likeness (QED) is 0.518. The summed E-state index contributed by atoms with van der Waals surface area (Å²) in [5.41, 5.74) is 0.403. The maximum absolute atomic E-state index is 15.1. The third-order valence-electron chi connectivity index (χ3n) is 4.45. The van der Waals surface area contributed by atoms with Gasteiger partial charge in [0.2, 0.25) is 0 Å². The predicted molar refractivity (Wildman–Crippen MR) is 105 cm³/mol. The molecular formula is C21H11ClF2N4O. The van der Waals surface area contributed by atoms with Gasteiger partial charge in [0.1, 0.15) is 11.6 Å². The molecule has 5 nitrogen and oxygen atoms in total. The zero-order chi connectivity index (χ0) is 20.7. The van der Waals surface area contributed by atoms with E-state index >= 15 is 4.39 Å². The lowest BCUT2D eigenvalue weighted by Crippen LogP contribution is -2.08. The molecule has 0 bridgehead atoms. The van der Waals surface area contributed by atoms with Gasteiger partial charge < -0.3 is 4.98 Å². The number of nitrogens with one attached hydrogen (secondary N) is 1. The Kier molecular flexibility index (Phi) is 4.57. The van der Waals surface area contributed by atoms with Gasteiger partial charge in [0.05, 0.1) is 45.2 Å². The van der Waals surface area contributed by atoms with Crippen LogP contribution in [-0.4, -0.2) is 15.2 Å². The first-order valence-electron chi connectivity index (χ1n) is 8.45. The lowest BCUT2D eigenvalue weighted by atomic mass is 10.0. The van der Waals surface area contributed by atoms with Crippen molar-refractivity contribution < 1.29 is 8.78 Å². The summed E-state index contributed by atoms with van der Waals surface area (Å²) in [5.74, 6) is -1.92. The number of aromatic amines is 1. The fraction of sp³-hybridized carbons (Fsp3) is 0.0476. The molecule has 0 aliphatic carbocycles. The molecule has 4 aromatic rings. The molecule has 0 aliphatic heterocycles. The van der Waals surface area contributed by atoms with E-state index in [2.05, 4.69) is 15.2 Å². The summed E-state index contributed by atoms with van der Waals surface area (Å²) in [6.07, 6.45) is 0. The van der Waals surface area contributed by atoms with Crippen molar-refractivity contribution in [2.75, 3.05) is 0 Å². The largest absolute Gasteiger partial charge is 0.354 e. The number of halogens is 3. The average molecular weight is 409 g/mol. The Morgan fingerprint density at radius 1 is 1.10 bits per heavy atom. The molecular weight excluding hydrogens is 398 g/mol. The monoisotopic (exact) mass is 408 g/mol. The van der Waals surface area contributed by atoms with E-state index in [-0.39, 0.29) is 27.3 Å². The van der Waals surface area contributed by atoms with Crippen LogP contribution in [0.25, 0.3) is 33.4 Å². The number of hydrogen-bond acceptors (Lipinski definition) is 4. The molecule has 0 saturated carbocycles. The van der Waals surface area contributed by atoms with Gasteiger partial charge >= 0.3 is 0 Å². The Bertz CT molecular complexity index is 1380. The Morgan fingerprint density at radius 2 is 1.90 bits per heavy atom. The molecule has 0 fully saturated rings. The number of fused-ring (bicyclic) bond motifs is 1. The minimum absolute atomic E-state index is 0.0132. The molecule has 2 aromatic carbocycles. The number of H-pyrrole nitrogens is 1. The Hall–Kier alpha value is -3.63. The van der Waals surface area contributed by atoms with Crippen molar-refractivity contribution in [3.05, 3.63) is 80.6 Å². The average Bonchev–Trinajstić information content (AvgIpc) is 2.69. The second kappa shape index (κ2) is 7.08. The summed E-state index contributed by atoms with van der Waals surface area (Å²) >= 11 is 6.18. The van der Waals surface area contributed by atoms with Crippen molar-refractivity contribution in [1.29, 1.82) is 5.26 Å². The van der Waals surface area contributed by atoms with Crippen LogP contribution in [-0.2, 0) is 0 Å². The van der Waals surface area contributed by atoms with Gasteiger partial charge in [0.25, 0.3) is 0 Å². The topological polar surface area (TPSA) is 82.4 Å². The van der Waals surface area contributed by atoms with E-state index in [0.29, 0.717) is 16.8 Å². The highest BCUT2D eigenvalue weighted by Gasteiger charge is 2.20. The zero-order valence-electron chi connectivity index (χ0n) is 14.9. The first-order chi connectivity index (χ1) is 13.9. The van der Waals surface area contributed by atoms with Crippen LogP contribution in [0.5, 0.6) is 0 Å². The van der Waals surface area contributed by atoms with Crippen LogP contribution in [0.15, 0.2) is 47.3 Å². The molecule has 142 valence electrons. The third-order valence-corrected chi connectivity index (χ3v) is 4.78. The van der Waals surface area contributed by atoms with E-state index < -0.39 is 22.6 Å². The van der Waals surface area contributed by atoms with E-state index in [1.807, 2.05) is 6.07 Å². The van der Waals surface area contributed by atoms with Crippen molar-refractivity contribution in [1.82, 2.24) is 15.2 Å². The summed E-state index contributed by atoms with van der Waals surface area (Å²) in [4.78, 5) is 15.5. The summed E-state index contributed by atoms with van der Waals surface area (Å²) in [6, 6.07) is 11.7. The number of pyridine rings is 1. The normalized spacial score (nSPS) is 10.9. The summed E-state index contributed by atoms with van der Waals surface area (Å²) in [5, 5.41) is 16.7. The van der Waals surface area contributed by atoms with Crippen molar-refractivity contribution in [2.24, 2.45) is 0 Å². The Balaban J connectivity index is 1.98. The highest BCUT2D eigenvalue weighted by molar-refractivity contribution is 6.33. The maximum atomic E-state index is 15.1. The van der Waals surface area contributed by atoms with Crippen molar-refractivity contribution in [2.45, 2.75) is 6.92 Å². The second-order valence-electron chi connectivity index (χ2n) is 6.38. The highest BCUT2D eigenvalue weighted by atomic mass is 35.5. The second-order valence-corrected chi connectivity index (χ2v) is 6.79. The van der Waals surface area contributed by atoms with Crippen LogP contribution in [0.1, 0.15) is 11.3 Å². The predicted octanol–water partition coefficient (Wildman–Crippen LogP) is 4.76. The van der Waals surface area contributed by atoms with Crippen molar-refractivity contribution in [3.8, 4) is 28.6 Å². The number of nitrogens with zero attached hydrogens (tertiary/aromatic N) is 3.